The first-order chi connectivity index (χ1) is 37.9. The van der Waals surface area contributed by atoms with Crippen molar-refractivity contribution in [3.8, 4) is 0 Å². The third-order valence-corrected chi connectivity index (χ3v) is 15.2. The van der Waals surface area contributed by atoms with Crippen LogP contribution in [0.15, 0.2) is 85.1 Å². The van der Waals surface area contributed by atoms with Crippen LogP contribution < -0.4 is 5.32 Å². The van der Waals surface area contributed by atoms with Crippen molar-refractivity contribution in [1.29, 1.82) is 0 Å². The number of carbonyl (C=O) groups excluding carboxylic acids is 2. The summed E-state index contributed by atoms with van der Waals surface area (Å²) < 4.78 is 30.7. The number of carbonyl (C=O) groups is 2. The molecule has 0 bridgehead atoms. The van der Waals surface area contributed by atoms with E-state index in [-0.39, 0.29) is 37.9 Å². The van der Waals surface area contributed by atoms with Crippen LogP contribution >= 0.6 is 7.82 Å². The van der Waals surface area contributed by atoms with Gasteiger partial charge in [-0.2, -0.15) is 0 Å². The lowest BCUT2D eigenvalue weighted by Gasteiger charge is -2.27. The number of allylic oxidation sites excluding steroid dienone is 13. The van der Waals surface area contributed by atoms with E-state index >= 15 is 0 Å². The number of nitrogens with one attached hydrogen (secondary N) is 1. The van der Waals surface area contributed by atoms with Crippen LogP contribution in [0.4, 0.5) is 0 Å². The van der Waals surface area contributed by atoms with E-state index in [4.69, 9.17) is 13.8 Å². The molecule has 0 saturated carbocycles. The molecule has 0 aromatic rings. The molecule has 0 rings (SSSR count). The second-order valence-corrected chi connectivity index (χ2v) is 24.5. The Morgan fingerprint density at radius 3 is 1.24 bits per heavy atom. The number of esters is 1. The lowest BCUT2D eigenvalue weighted by atomic mass is 10.0. The average Bonchev–Trinajstić information content (AvgIpc) is 3.40. The monoisotopic (exact) mass is 1110 g/mol. The van der Waals surface area contributed by atoms with Gasteiger partial charge in [0.25, 0.3) is 0 Å². The van der Waals surface area contributed by atoms with Crippen LogP contribution in [0.25, 0.3) is 0 Å². The number of ether oxygens (including phenoxy) is 1. The Morgan fingerprint density at radius 2 is 0.821 bits per heavy atom. The standard InChI is InChI=1S/C68H123N2O7P/c1-7-10-13-16-19-22-25-28-30-32-33-34-35-36-37-39-41-43-46-49-52-55-58-61-68(72)77-66(59-56-53-50-47-44-27-24-21-18-15-12-9-3)65(64-76-78(73,74)75-63-62-70(4,5)6)69-67(71)60-57-54-51-48-45-42-40-38-31-29-26-23-20-17-14-11-8-2/h11,14,17,20,23,26,29,31,38,40,42,45,56,59,65-66H,7-10,12-13,15-16,18-19,21-22,24-25,27-28,30,32-37,39,41,43-44,46-55,57-58,60-64H2,1-6H3,(H-,69,71,73,74)/p+1/b14-11-,20-17+,26-23+,31-29-,40-38+,45-42+,59-56-. The molecule has 2 N–H and O–H groups in total. The van der Waals surface area contributed by atoms with Gasteiger partial charge in [0.2, 0.25) is 5.91 Å². The van der Waals surface area contributed by atoms with Crippen LogP contribution in [0.5, 0.6) is 0 Å². The quantitative estimate of drug-likeness (QED) is 0.0156. The SMILES string of the molecule is CC\C=C/C=C/C=C/C=C\C=C\C=C\CCCCCC(=O)NC(COP(=O)(O)OCC[N+](C)(C)C)C(/C=C\CCCCCCCCCCCC)OC(=O)CCCCCCCCCCCCCCCCCCCCCCCCC. The Morgan fingerprint density at radius 1 is 0.462 bits per heavy atom. The van der Waals surface area contributed by atoms with Gasteiger partial charge in [-0.3, -0.25) is 18.6 Å². The number of hydrogen-bond acceptors (Lipinski definition) is 6. The third-order valence-electron chi connectivity index (χ3n) is 14.3. The highest BCUT2D eigenvalue weighted by molar-refractivity contribution is 7.47. The number of rotatable bonds is 58. The minimum absolute atomic E-state index is 0.0286. The molecular weight excluding hydrogens is 988 g/mol. The number of unbranched alkanes of at least 4 members (excludes halogenated alkanes) is 35. The second kappa shape index (κ2) is 57.4. The van der Waals surface area contributed by atoms with Crippen LogP contribution in [0.2, 0.25) is 0 Å². The molecule has 0 aromatic carbocycles. The zero-order valence-electron chi connectivity index (χ0n) is 51.6. The van der Waals surface area contributed by atoms with Gasteiger partial charge in [0.05, 0.1) is 33.8 Å². The molecule has 78 heavy (non-hydrogen) atoms. The fraction of sp³-hybridized carbons (Fsp3) is 0.765. The fourth-order valence-electron chi connectivity index (χ4n) is 9.27. The molecule has 0 spiro atoms. The highest BCUT2D eigenvalue weighted by Crippen LogP contribution is 2.43. The Bertz CT molecular complexity index is 1610. The van der Waals surface area contributed by atoms with Crippen molar-refractivity contribution in [3.63, 3.8) is 0 Å². The molecule has 3 unspecified atom stereocenters. The normalized spacial score (nSPS) is 14.2. The summed E-state index contributed by atoms with van der Waals surface area (Å²) in [5.74, 6) is -0.551. The Balaban J connectivity index is 5.21. The van der Waals surface area contributed by atoms with Gasteiger partial charge in [0, 0.05) is 12.8 Å². The fourth-order valence-corrected chi connectivity index (χ4v) is 10.0. The number of phosphoric ester groups is 1. The van der Waals surface area contributed by atoms with Gasteiger partial charge in [0.1, 0.15) is 19.3 Å². The van der Waals surface area contributed by atoms with Crippen LogP contribution in [0.1, 0.15) is 284 Å². The molecule has 0 aliphatic heterocycles. The smallest absolute Gasteiger partial charge is 0.456 e. The zero-order chi connectivity index (χ0) is 57.2. The Kier molecular flexibility index (Phi) is 55.4. The highest BCUT2D eigenvalue weighted by Gasteiger charge is 2.30. The van der Waals surface area contributed by atoms with Gasteiger partial charge < -0.3 is 19.4 Å². The Hall–Kier alpha value is -2.81. The summed E-state index contributed by atoms with van der Waals surface area (Å²) in [4.78, 5) is 37.7. The predicted octanol–water partition coefficient (Wildman–Crippen LogP) is 20.2. The number of hydrogen-bond donors (Lipinski definition) is 2. The molecule has 452 valence electrons. The number of phosphoric acid groups is 1. The molecule has 0 aromatic heterocycles. The van der Waals surface area contributed by atoms with Crippen LogP contribution in [-0.4, -0.2) is 74.3 Å². The van der Waals surface area contributed by atoms with Gasteiger partial charge in [-0.25, -0.2) is 4.57 Å². The van der Waals surface area contributed by atoms with Crippen molar-refractivity contribution in [1.82, 2.24) is 5.32 Å². The van der Waals surface area contributed by atoms with E-state index < -0.39 is 20.0 Å². The number of amides is 1. The molecule has 9 nitrogen and oxygen atoms in total. The van der Waals surface area contributed by atoms with Gasteiger partial charge in [-0.15, -0.1) is 0 Å². The van der Waals surface area contributed by atoms with Crippen molar-refractivity contribution in [2.24, 2.45) is 0 Å². The number of likely N-dealkylation sites (N-methyl/N-ethyl adjacent to an activating group) is 1. The largest absolute Gasteiger partial charge is 0.472 e. The Labute approximate surface area is 482 Å². The lowest BCUT2D eigenvalue weighted by Crippen LogP contribution is -2.47. The average molecular weight is 1110 g/mol. The molecular formula is C68H124N2O7P+. The molecule has 0 aliphatic carbocycles. The summed E-state index contributed by atoms with van der Waals surface area (Å²) in [7, 11) is 1.46. The van der Waals surface area contributed by atoms with Crippen molar-refractivity contribution in [2.45, 2.75) is 296 Å². The summed E-state index contributed by atoms with van der Waals surface area (Å²) in [6, 6.07) is -0.874. The van der Waals surface area contributed by atoms with Crippen LogP contribution in [0, 0.1) is 0 Å². The molecule has 0 heterocycles. The number of nitrogens with zero attached hydrogens (tertiary/aromatic N) is 1. The predicted molar refractivity (Wildman–Crippen MR) is 337 cm³/mol. The van der Waals surface area contributed by atoms with Crippen molar-refractivity contribution >= 4 is 19.7 Å². The van der Waals surface area contributed by atoms with Crippen molar-refractivity contribution in [2.75, 3.05) is 40.9 Å². The first kappa shape index (κ1) is 75.2. The summed E-state index contributed by atoms with van der Waals surface area (Å²) in [6.45, 7) is 6.85. The molecule has 0 radical (unpaired) electrons. The van der Waals surface area contributed by atoms with E-state index in [2.05, 4.69) is 38.2 Å². The first-order valence-corrected chi connectivity index (χ1v) is 34.0. The van der Waals surface area contributed by atoms with Crippen LogP contribution in [0.3, 0.4) is 0 Å². The lowest BCUT2D eigenvalue weighted by molar-refractivity contribution is -0.870. The van der Waals surface area contributed by atoms with Gasteiger partial charge >= 0.3 is 13.8 Å². The van der Waals surface area contributed by atoms with E-state index in [0.29, 0.717) is 17.4 Å². The minimum Gasteiger partial charge on any atom is -0.456 e. The molecule has 10 heteroatoms. The topological polar surface area (TPSA) is 111 Å². The van der Waals surface area contributed by atoms with E-state index in [1.54, 1.807) is 0 Å². The first-order valence-electron chi connectivity index (χ1n) is 32.5. The molecule has 0 fully saturated rings. The minimum atomic E-state index is -4.47. The van der Waals surface area contributed by atoms with E-state index in [1.807, 2.05) is 94.1 Å². The van der Waals surface area contributed by atoms with E-state index in [0.717, 1.165) is 64.2 Å². The maximum absolute atomic E-state index is 13.5. The summed E-state index contributed by atoms with van der Waals surface area (Å²) in [6.07, 6.45) is 76.0. The molecule has 0 aliphatic rings. The number of quaternary nitrogens is 1. The summed E-state index contributed by atoms with van der Waals surface area (Å²) in [5, 5.41) is 3.03. The summed E-state index contributed by atoms with van der Waals surface area (Å²) >= 11 is 0. The maximum atomic E-state index is 13.5. The van der Waals surface area contributed by atoms with E-state index in [1.165, 1.54) is 180 Å². The molecule has 0 saturated heterocycles. The van der Waals surface area contributed by atoms with Crippen LogP contribution in [-0.2, 0) is 27.9 Å². The maximum Gasteiger partial charge on any atom is 0.472 e. The van der Waals surface area contributed by atoms with E-state index in [9.17, 15) is 19.0 Å². The zero-order valence-corrected chi connectivity index (χ0v) is 52.5. The third kappa shape index (κ3) is 57.9. The van der Waals surface area contributed by atoms with Gasteiger partial charge in [0.15, 0.2) is 0 Å². The summed E-state index contributed by atoms with van der Waals surface area (Å²) in [5.41, 5.74) is 0. The van der Waals surface area contributed by atoms with Gasteiger partial charge in [-0.1, -0.05) is 305 Å². The second-order valence-electron chi connectivity index (χ2n) is 23.1. The van der Waals surface area contributed by atoms with Gasteiger partial charge in [-0.05, 0) is 51.0 Å². The highest BCUT2D eigenvalue weighted by atomic mass is 31.2. The van der Waals surface area contributed by atoms with Crippen molar-refractivity contribution < 1.29 is 37.3 Å². The van der Waals surface area contributed by atoms with Crippen molar-refractivity contribution in [3.05, 3.63) is 85.1 Å². The molecule has 1 amide bonds. The molecule has 3 atom stereocenters.